The lowest BCUT2D eigenvalue weighted by molar-refractivity contribution is -0.115. The number of carbonyl (C=O) groups is 2. The minimum atomic E-state index is -0.330. The molecule has 106 valence electrons. The molecule has 0 saturated carbocycles. The number of alkyl halides is 1. The van der Waals surface area contributed by atoms with E-state index in [1.807, 2.05) is 13.0 Å². The van der Waals surface area contributed by atoms with Gasteiger partial charge < -0.3 is 5.32 Å². The Morgan fingerprint density at radius 2 is 2.14 bits per heavy atom. The van der Waals surface area contributed by atoms with Gasteiger partial charge in [-0.3, -0.25) is 14.5 Å². The maximum absolute atomic E-state index is 12.4. The summed E-state index contributed by atoms with van der Waals surface area (Å²) in [6, 6.07) is 8.70. The third-order valence-corrected chi connectivity index (χ3v) is 3.55. The number of hydrogen-bond acceptors (Lipinski definition) is 3. The monoisotopic (exact) mass is 301 g/mol. The van der Waals surface area contributed by atoms with E-state index in [1.54, 1.807) is 30.5 Å². The molecule has 1 N–H and O–H groups in total. The molecular weight excluding hydrogens is 290 g/mol. The molecule has 0 unspecified atom stereocenters. The van der Waals surface area contributed by atoms with Crippen LogP contribution in [0.3, 0.4) is 0 Å². The minimum absolute atomic E-state index is 0.196. The molecule has 1 aromatic carbocycles. The van der Waals surface area contributed by atoms with E-state index in [9.17, 15) is 9.59 Å². The van der Waals surface area contributed by atoms with Gasteiger partial charge in [0, 0.05) is 6.20 Å². The maximum atomic E-state index is 12.4. The number of para-hydroxylation sites is 1. The summed E-state index contributed by atoms with van der Waals surface area (Å²) in [6.45, 7) is 1.84. The Morgan fingerprint density at radius 3 is 2.90 bits per heavy atom. The smallest absolute Gasteiger partial charge is 0.257 e. The van der Waals surface area contributed by atoms with E-state index < -0.39 is 0 Å². The number of benzene rings is 1. The summed E-state index contributed by atoms with van der Waals surface area (Å²) in [5.41, 5.74) is 2.24. The lowest BCUT2D eigenvalue weighted by atomic mass is 10.1. The molecule has 0 bridgehead atoms. The second-order valence-electron chi connectivity index (χ2n) is 4.66. The molecule has 0 atom stereocenters. The number of nitrogens with zero attached hydrogens (tertiary/aromatic N) is 2. The van der Waals surface area contributed by atoms with Crippen LogP contribution in [-0.2, 0) is 4.79 Å². The summed E-state index contributed by atoms with van der Waals surface area (Å²) in [7, 11) is 0. The predicted molar refractivity (Wildman–Crippen MR) is 81.2 cm³/mol. The first-order valence-electron chi connectivity index (χ1n) is 6.38. The van der Waals surface area contributed by atoms with Gasteiger partial charge in [0.05, 0.1) is 16.9 Å². The number of nitrogens with one attached hydrogen (secondary N) is 1. The molecule has 6 heteroatoms. The van der Waals surface area contributed by atoms with Gasteiger partial charge in [-0.05, 0) is 30.7 Å². The van der Waals surface area contributed by atoms with Crippen molar-refractivity contribution >= 4 is 40.6 Å². The largest absolute Gasteiger partial charge is 0.319 e. The maximum Gasteiger partial charge on any atom is 0.257 e. The molecule has 21 heavy (non-hydrogen) atoms. The van der Waals surface area contributed by atoms with E-state index >= 15 is 0 Å². The summed E-state index contributed by atoms with van der Waals surface area (Å²) >= 11 is 5.74. The zero-order valence-electron chi connectivity index (χ0n) is 11.3. The second kappa shape index (κ2) is 5.18. The highest BCUT2D eigenvalue weighted by atomic mass is 35.5. The van der Waals surface area contributed by atoms with Crippen molar-refractivity contribution in [3.05, 3.63) is 47.7 Å². The van der Waals surface area contributed by atoms with Crippen LogP contribution >= 0.6 is 11.6 Å². The van der Waals surface area contributed by atoms with Crippen LogP contribution < -0.4 is 10.2 Å². The first-order chi connectivity index (χ1) is 10.1. The van der Waals surface area contributed by atoms with Crippen molar-refractivity contribution in [1.29, 1.82) is 0 Å². The van der Waals surface area contributed by atoms with Gasteiger partial charge in [-0.15, -0.1) is 11.6 Å². The van der Waals surface area contributed by atoms with E-state index in [0.717, 1.165) is 5.56 Å². The molecule has 1 aromatic heterocycles. The van der Waals surface area contributed by atoms with Crippen LogP contribution in [0.1, 0.15) is 15.9 Å². The van der Waals surface area contributed by atoms with E-state index in [0.29, 0.717) is 22.8 Å². The van der Waals surface area contributed by atoms with Crippen molar-refractivity contribution in [3.8, 4) is 0 Å². The van der Waals surface area contributed by atoms with E-state index in [4.69, 9.17) is 11.6 Å². The lowest BCUT2D eigenvalue weighted by Gasteiger charge is -2.23. The number of anilines is 3. The highest BCUT2D eigenvalue weighted by Crippen LogP contribution is 2.38. The van der Waals surface area contributed by atoms with Crippen LogP contribution in [0, 0.1) is 6.92 Å². The van der Waals surface area contributed by atoms with Crippen molar-refractivity contribution in [2.45, 2.75) is 6.92 Å². The summed E-state index contributed by atoms with van der Waals surface area (Å²) in [5.74, 6) is -0.418. The molecule has 2 aromatic rings. The van der Waals surface area contributed by atoms with Crippen molar-refractivity contribution in [2.75, 3.05) is 16.1 Å². The Kier molecular flexibility index (Phi) is 3.35. The number of pyridine rings is 1. The van der Waals surface area contributed by atoms with Gasteiger partial charge in [-0.2, -0.15) is 0 Å². The van der Waals surface area contributed by atoms with E-state index in [2.05, 4.69) is 10.3 Å². The van der Waals surface area contributed by atoms with E-state index in [-0.39, 0.29) is 17.7 Å². The average Bonchev–Trinajstić information content (AvgIpc) is 2.62. The number of hydrogen-bond donors (Lipinski definition) is 1. The standard InChI is InChI=1S/C15H12ClN3O2/c1-9-4-2-5-10-13(9)19(12(20)8-16)14-11(18-15(10)21)6-3-7-17-14/h2-7H,8H2,1H3,(H,18,21). The molecule has 2 heterocycles. The third-order valence-electron chi connectivity index (χ3n) is 3.32. The van der Waals surface area contributed by atoms with Gasteiger partial charge in [0.25, 0.3) is 5.91 Å². The summed E-state index contributed by atoms with van der Waals surface area (Å²) in [6.07, 6.45) is 1.57. The third kappa shape index (κ3) is 2.15. The fourth-order valence-electron chi connectivity index (χ4n) is 2.41. The fraction of sp³-hybridized carbons (Fsp3) is 0.133. The summed E-state index contributed by atoms with van der Waals surface area (Å²) in [5, 5.41) is 2.78. The van der Waals surface area contributed by atoms with Crippen LogP contribution in [0.15, 0.2) is 36.5 Å². The summed E-state index contributed by atoms with van der Waals surface area (Å²) in [4.78, 5) is 30.3. The topological polar surface area (TPSA) is 62.3 Å². The number of carbonyl (C=O) groups excluding carboxylic acids is 2. The quantitative estimate of drug-likeness (QED) is 0.824. The first kappa shape index (κ1) is 13.6. The highest BCUT2D eigenvalue weighted by Gasteiger charge is 2.30. The molecule has 2 amide bonds. The number of halogens is 1. The molecule has 0 spiro atoms. The predicted octanol–water partition coefficient (Wildman–Crippen LogP) is 2.86. The van der Waals surface area contributed by atoms with Crippen LogP contribution in [0.25, 0.3) is 0 Å². The average molecular weight is 302 g/mol. The van der Waals surface area contributed by atoms with Gasteiger partial charge in [0.2, 0.25) is 5.91 Å². The minimum Gasteiger partial charge on any atom is -0.319 e. The summed E-state index contributed by atoms with van der Waals surface area (Å²) < 4.78 is 0. The molecule has 1 aliphatic rings. The van der Waals surface area contributed by atoms with Gasteiger partial charge in [-0.25, -0.2) is 4.98 Å². The van der Waals surface area contributed by atoms with Gasteiger partial charge in [0.15, 0.2) is 5.82 Å². The van der Waals surface area contributed by atoms with Crippen molar-refractivity contribution in [1.82, 2.24) is 4.98 Å². The Hall–Kier alpha value is -2.40. The van der Waals surface area contributed by atoms with Gasteiger partial charge >= 0.3 is 0 Å². The first-order valence-corrected chi connectivity index (χ1v) is 6.92. The molecule has 5 nitrogen and oxygen atoms in total. The second-order valence-corrected chi connectivity index (χ2v) is 4.93. The molecule has 0 radical (unpaired) electrons. The number of fused-ring (bicyclic) bond motifs is 2. The Bertz CT molecular complexity index is 745. The SMILES string of the molecule is Cc1cccc2c1N(C(=O)CCl)c1ncccc1NC2=O. The highest BCUT2D eigenvalue weighted by molar-refractivity contribution is 6.31. The van der Waals surface area contributed by atoms with Crippen LogP contribution in [0.5, 0.6) is 0 Å². The van der Waals surface area contributed by atoms with E-state index in [1.165, 1.54) is 4.90 Å². The van der Waals surface area contributed by atoms with Gasteiger partial charge in [0.1, 0.15) is 5.88 Å². The van der Waals surface area contributed by atoms with Gasteiger partial charge in [-0.1, -0.05) is 12.1 Å². The number of rotatable bonds is 1. The molecule has 3 rings (SSSR count). The zero-order chi connectivity index (χ0) is 15.0. The van der Waals surface area contributed by atoms with Crippen molar-refractivity contribution < 1.29 is 9.59 Å². The van der Waals surface area contributed by atoms with Crippen molar-refractivity contribution in [3.63, 3.8) is 0 Å². The Labute approximate surface area is 126 Å². The molecule has 0 saturated heterocycles. The normalized spacial score (nSPS) is 13.0. The van der Waals surface area contributed by atoms with Crippen LogP contribution in [0.4, 0.5) is 17.2 Å². The Balaban J connectivity index is 2.34. The molecule has 1 aliphatic heterocycles. The number of aromatic nitrogens is 1. The number of amides is 2. The molecule has 0 fully saturated rings. The fourth-order valence-corrected chi connectivity index (χ4v) is 2.53. The molecule has 0 aliphatic carbocycles. The molecular formula is C15H12ClN3O2. The number of aryl methyl sites for hydroxylation is 1. The zero-order valence-corrected chi connectivity index (χ0v) is 12.0. The Morgan fingerprint density at radius 1 is 1.33 bits per heavy atom. The lowest BCUT2D eigenvalue weighted by Crippen LogP contribution is -2.29. The van der Waals surface area contributed by atoms with Crippen LogP contribution in [0.2, 0.25) is 0 Å². The van der Waals surface area contributed by atoms with Crippen LogP contribution in [-0.4, -0.2) is 22.7 Å². The van der Waals surface area contributed by atoms with Crippen molar-refractivity contribution in [2.24, 2.45) is 0 Å².